The summed E-state index contributed by atoms with van der Waals surface area (Å²) in [6.45, 7) is 11.0. The fourth-order valence-electron chi connectivity index (χ4n) is 2.97. The number of aliphatic hydroxyl groups excluding tert-OH is 1. The van der Waals surface area contributed by atoms with Crippen LogP contribution in [0.5, 0.6) is 0 Å². The van der Waals surface area contributed by atoms with Crippen molar-refractivity contribution in [2.45, 2.75) is 58.1 Å². The predicted octanol–water partition coefficient (Wildman–Crippen LogP) is 1.64. The van der Waals surface area contributed by atoms with E-state index in [0.29, 0.717) is 6.54 Å². The number of H-pyrrole nitrogens is 1. The Morgan fingerprint density at radius 3 is 2.71 bits per heavy atom. The second kappa shape index (κ2) is 7.38. The average Bonchev–Trinajstić information content (AvgIpc) is 2.88. The molecule has 2 rings (SSSR count). The Kier molecular flexibility index (Phi) is 5.79. The number of piperidine rings is 1. The van der Waals surface area contributed by atoms with E-state index in [2.05, 4.69) is 41.2 Å². The van der Waals surface area contributed by atoms with Gasteiger partial charge in [0.05, 0.1) is 12.3 Å². The van der Waals surface area contributed by atoms with Crippen molar-refractivity contribution in [2.75, 3.05) is 26.2 Å². The van der Waals surface area contributed by atoms with E-state index < -0.39 is 0 Å². The number of hydrogen-bond donors (Lipinski definition) is 3. The molecule has 1 aliphatic rings. The fourth-order valence-corrected chi connectivity index (χ4v) is 2.97. The lowest BCUT2D eigenvalue weighted by Crippen LogP contribution is -2.40. The number of β-amino-alcohol motifs (C(OH)–C–C–N with tert-alkyl or cyclic N) is 1. The van der Waals surface area contributed by atoms with Crippen LogP contribution in [0, 0.1) is 0 Å². The molecule has 0 amide bonds. The highest BCUT2D eigenvalue weighted by Gasteiger charge is 2.20. The number of aliphatic hydroxyl groups is 1. The third kappa shape index (κ3) is 5.09. The normalized spacial score (nSPS) is 18.9. The minimum Gasteiger partial charge on any atom is -0.390 e. The van der Waals surface area contributed by atoms with Gasteiger partial charge in [-0.2, -0.15) is 5.10 Å². The quantitative estimate of drug-likeness (QED) is 0.746. The van der Waals surface area contributed by atoms with Gasteiger partial charge in [-0.25, -0.2) is 0 Å². The van der Waals surface area contributed by atoms with E-state index in [4.69, 9.17) is 0 Å². The largest absolute Gasteiger partial charge is 0.390 e. The molecule has 21 heavy (non-hydrogen) atoms. The SMILES string of the molecule is CC(C)(C)c1[nH]ncc1CNCC(O)CN1CCCCC1. The van der Waals surface area contributed by atoms with Crippen LogP contribution in [0.25, 0.3) is 0 Å². The van der Waals surface area contributed by atoms with Gasteiger partial charge in [0, 0.05) is 36.3 Å². The number of nitrogens with one attached hydrogen (secondary N) is 2. The standard InChI is InChI=1S/C16H30N4O/c1-16(2,3)15-13(10-18-19-15)9-17-11-14(21)12-20-7-5-4-6-8-20/h10,14,17,21H,4-9,11-12H2,1-3H3,(H,18,19). The van der Waals surface area contributed by atoms with Crippen molar-refractivity contribution in [2.24, 2.45) is 0 Å². The number of rotatable bonds is 6. The zero-order valence-corrected chi connectivity index (χ0v) is 13.7. The molecular weight excluding hydrogens is 264 g/mol. The Balaban J connectivity index is 1.72. The molecule has 5 heteroatoms. The van der Waals surface area contributed by atoms with Gasteiger partial charge in [0.25, 0.3) is 0 Å². The third-order valence-corrected chi connectivity index (χ3v) is 4.08. The van der Waals surface area contributed by atoms with E-state index in [-0.39, 0.29) is 11.5 Å². The van der Waals surface area contributed by atoms with Gasteiger partial charge in [-0.3, -0.25) is 5.10 Å². The molecule has 0 bridgehead atoms. The lowest BCUT2D eigenvalue weighted by atomic mass is 9.89. The maximum atomic E-state index is 10.1. The monoisotopic (exact) mass is 294 g/mol. The Morgan fingerprint density at radius 2 is 2.05 bits per heavy atom. The van der Waals surface area contributed by atoms with Crippen molar-refractivity contribution >= 4 is 0 Å². The van der Waals surface area contributed by atoms with Crippen LogP contribution in [0.2, 0.25) is 0 Å². The first-order valence-corrected chi connectivity index (χ1v) is 8.10. The highest BCUT2D eigenvalue weighted by molar-refractivity contribution is 5.23. The molecule has 0 aliphatic carbocycles. The molecule has 1 aromatic heterocycles. The van der Waals surface area contributed by atoms with Crippen LogP contribution in [-0.2, 0) is 12.0 Å². The summed E-state index contributed by atoms with van der Waals surface area (Å²) in [7, 11) is 0. The predicted molar refractivity (Wildman–Crippen MR) is 85.3 cm³/mol. The van der Waals surface area contributed by atoms with E-state index >= 15 is 0 Å². The molecule has 1 atom stereocenters. The second-order valence-electron chi connectivity index (χ2n) is 7.17. The summed E-state index contributed by atoms with van der Waals surface area (Å²) in [5.74, 6) is 0. The van der Waals surface area contributed by atoms with Crippen LogP contribution < -0.4 is 5.32 Å². The van der Waals surface area contributed by atoms with Crippen molar-refractivity contribution in [3.8, 4) is 0 Å². The van der Waals surface area contributed by atoms with Crippen LogP contribution in [0.4, 0.5) is 0 Å². The molecule has 5 nitrogen and oxygen atoms in total. The minimum absolute atomic E-state index is 0.0694. The van der Waals surface area contributed by atoms with E-state index in [0.717, 1.165) is 26.2 Å². The summed E-state index contributed by atoms with van der Waals surface area (Å²) in [5, 5.41) is 20.7. The van der Waals surface area contributed by atoms with E-state index in [9.17, 15) is 5.11 Å². The van der Waals surface area contributed by atoms with Crippen LogP contribution in [-0.4, -0.2) is 52.5 Å². The summed E-state index contributed by atoms with van der Waals surface area (Å²) in [5.41, 5.74) is 2.42. The van der Waals surface area contributed by atoms with Gasteiger partial charge in [0.1, 0.15) is 0 Å². The average molecular weight is 294 g/mol. The zero-order valence-electron chi connectivity index (χ0n) is 13.7. The van der Waals surface area contributed by atoms with Crippen molar-refractivity contribution in [3.05, 3.63) is 17.5 Å². The molecule has 1 fully saturated rings. The Hall–Kier alpha value is -0.910. The van der Waals surface area contributed by atoms with E-state index in [1.54, 1.807) is 0 Å². The topological polar surface area (TPSA) is 64.2 Å². The smallest absolute Gasteiger partial charge is 0.0791 e. The van der Waals surface area contributed by atoms with Crippen LogP contribution >= 0.6 is 0 Å². The molecule has 0 saturated carbocycles. The molecule has 2 heterocycles. The van der Waals surface area contributed by atoms with Crippen LogP contribution in [0.1, 0.15) is 51.3 Å². The van der Waals surface area contributed by atoms with E-state index in [1.807, 2.05) is 6.20 Å². The Labute approximate surface area is 128 Å². The van der Waals surface area contributed by atoms with Gasteiger partial charge in [-0.05, 0) is 25.9 Å². The molecule has 0 aromatic carbocycles. The molecule has 3 N–H and O–H groups in total. The first kappa shape index (κ1) is 16.5. The molecule has 0 spiro atoms. The number of aromatic amines is 1. The van der Waals surface area contributed by atoms with Crippen LogP contribution in [0.3, 0.4) is 0 Å². The molecule has 120 valence electrons. The molecule has 1 saturated heterocycles. The Morgan fingerprint density at radius 1 is 1.33 bits per heavy atom. The number of nitrogens with zero attached hydrogens (tertiary/aromatic N) is 2. The highest BCUT2D eigenvalue weighted by Crippen LogP contribution is 2.23. The summed E-state index contributed by atoms with van der Waals surface area (Å²) in [6, 6.07) is 0. The lowest BCUT2D eigenvalue weighted by molar-refractivity contribution is 0.1000. The van der Waals surface area contributed by atoms with Gasteiger partial charge >= 0.3 is 0 Å². The highest BCUT2D eigenvalue weighted by atomic mass is 16.3. The first-order valence-electron chi connectivity index (χ1n) is 8.10. The summed E-state index contributed by atoms with van der Waals surface area (Å²) in [4.78, 5) is 2.37. The fraction of sp³-hybridized carbons (Fsp3) is 0.812. The molecule has 0 radical (unpaired) electrons. The van der Waals surface area contributed by atoms with Crippen molar-refractivity contribution in [1.29, 1.82) is 0 Å². The van der Waals surface area contributed by atoms with Gasteiger partial charge in [0.2, 0.25) is 0 Å². The molecule has 1 aromatic rings. The van der Waals surface area contributed by atoms with Crippen LogP contribution in [0.15, 0.2) is 6.20 Å². The van der Waals surface area contributed by atoms with Gasteiger partial charge in [-0.1, -0.05) is 27.2 Å². The molecular formula is C16H30N4O. The van der Waals surface area contributed by atoms with Crippen molar-refractivity contribution in [1.82, 2.24) is 20.4 Å². The second-order valence-corrected chi connectivity index (χ2v) is 7.17. The van der Waals surface area contributed by atoms with Gasteiger partial charge < -0.3 is 15.3 Å². The third-order valence-electron chi connectivity index (χ3n) is 4.08. The minimum atomic E-state index is -0.298. The molecule has 1 unspecified atom stereocenters. The maximum Gasteiger partial charge on any atom is 0.0791 e. The summed E-state index contributed by atoms with van der Waals surface area (Å²) < 4.78 is 0. The summed E-state index contributed by atoms with van der Waals surface area (Å²) in [6.07, 6.45) is 5.45. The van der Waals surface area contributed by atoms with E-state index in [1.165, 1.54) is 30.5 Å². The summed E-state index contributed by atoms with van der Waals surface area (Å²) >= 11 is 0. The van der Waals surface area contributed by atoms with Crippen molar-refractivity contribution < 1.29 is 5.11 Å². The molecule has 1 aliphatic heterocycles. The Bertz CT molecular complexity index is 418. The van der Waals surface area contributed by atoms with Crippen molar-refractivity contribution in [3.63, 3.8) is 0 Å². The zero-order chi connectivity index (χ0) is 15.3. The number of likely N-dealkylation sites (tertiary alicyclic amines) is 1. The number of aromatic nitrogens is 2. The van der Waals surface area contributed by atoms with Gasteiger partial charge in [-0.15, -0.1) is 0 Å². The lowest BCUT2D eigenvalue weighted by Gasteiger charge is -2.28. The van der Waals surface area contributed by atoms with Gasteiger partial charge in [0.15, 0.2) is 0 Å². The maximum absolute atomic E-state index is 10.1. The first-order chi connectivity index (χ1) is 9.97. The number of hydrogen-bond acceptors (Lipinski definition) is 4.